The molecular weight excluding hydrogens is 298 g/mol. The Morgan fingerprint density at radius 3 is 2.14 bits per heavy atom. The Labute approximate surface area is 137 Å². The van der Waals surface area contributed by atoms with Crippen molar-refractivity contribution in [3.63, 3.8) is 0 Å². The van der Waals surface area contributed by atoms with Crippen molar-refractivity contribution in [3.05, 3.63) is 29.3 Å². The number of piperazine rings is 1. The zero-order valence-electron chi connectivity index (χ0n) is 13.0. The summed E-state index contributed by atoms with van der Waals surface area (Å²) in [6.45, 7) is 5.18. The minimum absolute atomic E-state index is 0.229. The van der Waals surface area contributed by atoms with Crippen molar-refractivity contribution in [3.8, 4) is 0 Å². The van der Waals surface area contributed by atoms with Crippen LogP contribution in [0.25, 0.3) is 0 Å². The van der Waals surface area contributed by atoms with E-state index < -0.39 is 0 Å². The Morgan fingerprint density at radius 1 is 0.864 bits per heavy atom. The lowest BCUT2D eigenvalue weighted by Gasteiger charge is -2.38. The highest BCUT2D eigenvalue weighted by Gasteiger charge is 2.25. The fourth-order valence-corrected chi connectivity index (χ4v) is 3.48. The monoisotopic (exact) mass is 321 g/mol. The lowest BCUT2D eigenvalue weighted by Crippen LogP contribution is -2.53. The van der Waals surface area contributed by atoms with Crippen LogP contribution in [0.3, 0.4) is 0 Å². The van der Waals surface area contributed by atoms with Gasteiger partial charge in [-0.3, -0.25) is 0 Å². The summed E-state index contributed by atoms with van der Waals surface area (Å²) < 4.78 is 0. The first-order valence-corrected chi connectivity index (χ1v) is 8.66. The Bertz CT molecular complexity index is 506. The third kappa shape index (κ3) is 3.67. The molecule has 2 heterocycles. The van der Waals surface area contributed by atoms with E-state index in [-0.39, 0.29) is 6.03 Å². The summed E-state index contributed by atoms with van der Waals surface area (Å²) >= 11 is 6.06. The third-order valence-corrected chi connectivity index (χ3v) is 4.84. The first-order valence-electron chi connectivity index (χ1n) is 8.28. The zero-order chi connectivity index (χ0) is 15.4. The van der Waals surface area contributed by atoms with Gasteiger partial charge in [-0.15, -0.1) is 0 Å². The van der Waals surface area contributed by atoms with Crippen LogP contribution in [0.2, 0.25) is 5.02 Å². The van der Waals surface area contributed by atoms with Gasteiger partial charge in [0.2, 0.25) is 0 Å². The van der Waals surface area contributed by atoms with E-state index >= 15 is 0 Å². The number of likely N-dealkylation sites (tertiary alicyclic amines) is 1. The van der Waals surface area contributed by atoms with Gasteiger partial charge in [-0.25, -0.2) is 4.79 Å². The standard InChI is InChI=1S/C17H24ClN3O/c18-15-6-5-7-16(14-15)19-10-12-21(13-11-19)17(22)20-8-3-1-2-4-9-20/h5-7,14H,1-4,8-13H2. The molecule has 0 N–H and O–H groups in total. The number of amides is 2. The summed E-state index contributed by atoms with van der Waals surface area (Å²) in [6, 6.07) is 8.18. The summed E-state index contributed by atoms with van der Waals surface area (Å²) in [5.74, 6) is 0. The molecule has 2 saturated heterocycles. The summed E-state index contributed by atoms with van der Waals surface area (Å²) in [5.41, 5.74) is 1.15. The predicted molar refractivity (Wildman–Crippen MR) is 90.7 cm³/mol. The van der Waals surface area contributed by atoms with Gasteiger partial charge < -0.3 is 14.7 Å². The highest BCUT2D eigenvalue weighted by atomic mass is 35.5. The maximum atomic E-state index is 12.6. The summed E-state index contributed by atoms with van der Waals surface area (Å²) in [5, 5.41) is 0.764. The number of urea groups is 1. The molecule has 0 saturated carbocycles. The van der Waals surface area contributed by atoms with Crippen LogP contribution in [0.5, 0.6) is 0 Å². The molecule has 0 atom stereocenters. The van der Waals surface area contributed by atoms with E-state index in [0.29, 0.717) is 0 Å². The Hall–Kier alpha value is -1.42. The SMILES string of the molecule is O=C(N1CCCCCC1)N1CCN(c2cccc(Cl)c2)CC1. The zero-order valence-corrected chi connectivity index (χ0v) is 13.8. The largest absolute Gasteiger partial charge is 0.368 e. The molecule has 2 fully saturated rings. The number of halogens is 1. The first kappa shape index (κ1) is 15.5. The fourth-order valence-electron chi connectivity index (χ4n) is 3.29. The summed E-state index contributed by atoms with van der Waals surface area (Å²) in [6.07, 6.45) is 4.81. The molecule has 0 spiro atoms. The number of rotatable bonds is 1. The molecule has 120 valence electrons. The van der Waals surface area contributed by atoms with Crippen molar-refractivity contribution in [1.82, 2.24) is 9.80 Å². The average molecular weight is 322 g/mol. The van der Waals surface area contributed by atoms with Crippen LogP contribution >= 0.6 is 11.6 Å². The molecule has 4 nitrogen and oxygen atoms in total. The smallest absolute Gasteiger partial charge is 0.320 e. The highest BCUT2D eigenvalue weighted by molar-refractivity contribution is 6.30. The summed E-state index contributed by atoms with van der Waals surface area (Å²) in [7, 11) is 0. The van der Waals surface area contributed by atoms with Crippen molar-refractivity contribution in [2.24, 2.45) is 0 Å². The molecule has 2 aliphatic heterocycles. The van der Waals surface area contributed by atoms with E-state index in [1.807, 2.05) is 28.0 Å². The molecule has 3 rings (SSSR count). The molecular formula is C17H24ClN3O. The minimum Gasteiger partial charge on any atom is -0.368 e. The predicted octanol–water partition coefficient (Wildman–Crippen LogP) is 3.46. The van der Waals surface area contributed by atoms with Gasteiger partial charge in [0.05, 0.1) is 0 Å². The topological polar surface area (TPSA) is 26.8 Å². The number of carbonyl (C=O) groups excluding carboxylic acids is 1. The number of carbonyl (C=O) groups is 1. The van der Waals surface area contributed by atoms with Crippen LogP contribution in [-0.4, -0.2) is 55.1 Å². The van der Waals surface area contributed by atoms with Gasteiger partial charge in [0.25, 0.3) is 0 Å². The molecule has 1 aromatic carbocycles. The first-order chi connectivity index (χ1) is 10.7. The Morgan fingerprint density at radius 2 is 1.50 bits per heavy atom. The molecule has 0 bridgehead atoms. The van der Waals surface area contributed by atoms with Crippen molar-refractivity contribution < 1.29 is 4.79 Å². The van der Waals surface area contributed by atoms with E-state index in [1.165, 1.54) is 12.8 Å². The van der Waals surface area contributed by atoms with E-state index in [1.54, 1.807) is 0 Å². The maximum Gasteiger partial charge on any atom is 0.320 e. The fraction of sp³-hybridized carbons (Fsp3) is 0.588. The van der Waals surface area contributed by atoms with Gasteiger partial charge in [-0.2, -0.15) is 0 Å². The number of anilines is 1. The minimum atomic E-state index is 0.229. The second-order valence-electron chi connectivity index (χ2n) is 6.14. The van der Waals surface area contributed by atoms with Crippen LogP contribution in [0.4, 0.5) is 10.5 Å². The molecule has 1 aromatic rings. The van der Waals surface area contributed by atoms with E-state index in [4.69, 9.17) is 11.6 Å². The van der Waals surface area contributed by atoms with Crippen LogP contribution in [0.15, 0.2) is 24.3 Å². The lowest BCUT2D eigenvalue weighted by molar-refractivity contribution is 0.151. The molecule has 5 heteroatoms. The van der Waals surface area contributed by atoms with Gasteiger partial charge in [0, 0.05) is 50.0 Å². The van der Waals surface area contributed by atoms with Gasteiger partial charge in [0.15, 0.2) is 0 Å². The van der Waals surface area contributed by atoms with Crippen LogP contribution < -0.4 is 4.90 Å². The van der Waals surface area contributed by atoms with E-state index in [9.17, 15) is 4.79 Å². The van der Waals surface area contributed by atoms with Crippen molar-refractivity contribution in [2.75, 3.05) is 44.2 Å². The Kier molecular flexibility index (Phi) is 5.08. The van der Waals surface area contributed by atoms with Gasteiger partial charge in [0.1, 0.15) is 0 Å². The normalized spacial score (nSPS) is 20.0. The molecule has 22 heavy (non-hydrogen) atoms. The molecule has 2 aliphatic rings. The molecule has 0 aliphatic carbocycles. The second-order valence-corrected chi connectivity index (χ2v) is 6.57. The van der Waals surface area contributed by atoms with E-state index in [0.717, 1.165) is 62.8 Å². The number of hydrogen-bond acceptors (Lipinski definition) is 2. The Balaban J connectivity index is 1.55. The van der Waals surface area contributed by atoms with Gasteiger partial charge >= 0.3 is 6.03 Å². The summed E-state index contributed by atoms with van der Waals surface area (Å²) in [4.78, 5) is 19.0. The van der Waals surface area contributed by atoms with Crippen molar-refractivity contribution in [2.45, 2.75) is 25.7 Å². The number of hydrogen-bond donors (Lipinski definition) is 0. The third-order valence-electron chi connectivity index (χ3n) is 4.60. The maximum absolute atomic E-state index is 12.6. The second kappa shape index (κ2) is 7.23. The lowest BCUT2D eigenvalue weighted by atomic mass is 10.2. The van der Waals surface area contributed by atoms with Crippen LogP contribution in [-0.2, 0) is 0 Å². The molecule has 0 radical (unpaired) electrons. The van der Waals surface area contributed by atoms with Crippen molar-refractivity contribution >= 4 is 23.3 Å². The molecule has 2 amide bonds. The van der Waals surface area contributed by atoms with E-state index in [2.05, 4.69) is 11.0 Å². The van der Waals surface area contributed by atoms with Crippen LogP contribution in [0.1, 0.15) is 25.7 Å². The number of benzene rings is 1. The van der Waals surface area contributed by atoms with Gasteiger partial charge in [-0.1, -0.05) is 30.5 Å². The average Bonchev–Trinajstić information content (AvgIpc) is 2.84. The number of nitrogens with zero attached hydrogens (tertiary/aromatic N) is 3. The quantitative estimate of drug-likeness (QED) is 0.792. The molecule has 0 aromatic heterocycles. The highest BCUT2D eigenvalue weighted by Crippen LogP contribution is 2.21. The molecule has 0 unspecified atom stereocenters. The van der Waals surface area contributed by atoms with Crippen LogP contribution in [0, 0.1) is 0 Å². The van der Waals surface area contributed by atoms with Crippen molar-refractivity contribution in [1.29, 1.82) is 0 Å². The van der Waals surface area contributed by atoms with Gasteiger partial charge in [-0.05, 0) is 31.0 Å².